The van der Waals surface area contributed by atoms with Gasteiger partial charge in [-0.15, -0.1) is 11.3 Å². The zero-order valence-electron chi connectivity index (χ0n) is 9.81. The van der Waals surface area contributed by atoms with Gasteiger partial charge in [-0.3, -0.25) is 0 Å². The summed E-state index contributed by atoms with van der Waals surface area (Å²) in [6, 6.07) is 3.09. The minimum absolute atomic E-state index is 0.317. The summed E-state index contributed by atoms with van der Waals surface area (Å²) < 4.78 is 15.8. The molecule has 3 rings (SSSR count). The molecule has 2 N–H and O–H groups in total. The van der Waals surface area contributed by atoms with Crippen molar-refractivity contribution in [2.24, 2.45) is 0 Å². The smallest absolute Gasteiger partial charge is 0.201 e. The minimum Gasteiger partial charge on any atom is -0.369 e. The van der Waals surface area contributed by atoms with Gasteiger partial charge in [0, 0.05) is 24.4 Å². The van der Waals surface area contributed by atoms with Crippen LogP contribution in [0.5, 0.6) is 0 Å². The van der Waals surface area contributed by atoms with Crippen molar-refractivity contribution in [1.29, 1.82) is 0 Å². The first-order chi connectivity index (χ1) is 9.15. The molecule has 7 heteroatoms. The van der Waals surface area contributed by atoms with Crippen LogP contribution in [0.4, 0.5) is 10.3 Å². The SMILES string of the molecule is Nc1nc2cc(Br)c(F)cc2n1CCc1cscn1. The van der Waals surface area contributed by atoms with Gasteiger partial charge in [0.15, 0.2) is 0 Å². The van der Waals surface area contributed by atoms with E-state index < -0.39 is 0 Å². The van der Waals surface area contributed by atoms with Crippen LogP contribution in [0, 0.1) is 5.82 Å². The van der Waals surface area contributed by atoms with Crippen LogP contribution in [-0.4, -0.2) is 14.5 Å². The summed E-state index contributed by atoms with van der Waals surface area (Å²) in [4.78, 5) is 8.46. The molecule has 0 saturated carbocycles. The molecule has 0 spiro atoms. The Morgan fingerprint density at radius 1 is 1.42 bits per heavy atom. The van der Waals surface area contributed by atoms with Crippen molar-refractivity contribution < 1.29 is 4.39 Å². The van der Waals surface area contributed by atoms with Crippen molar-refractivity contribution in [3.8, 4) is 0 Å². The quantitative estimate of drug-likeness (QED) is 0.796. The average molecular weight is 341 g/mol. The number of nitrogens with zero attached hydrogens (tertiary/aromatic N) is 3. The number of anilines is 1. The Morgan fingerprint density at radius 3 is 3.00 bits per heavy atom. The lowest BCUT2D eigenvalue weighted by atomic mass is 10.3. The monoisotopic (exact) mass is 340 g/mol. The molecule has 0 atom stereocenters. The number of hydrogen-bond acceptors (Lipinski definition) is 4. The molecule has 98 valence electrons. The topological polar surface area (TPSA) is 56.7 Å². The number of rotatable bonds is 3. The molecule has 2 aromatic heterocycles. The van der Waals surface area contributed by atoms with Crippen molar-refractivity contribution in [3.63, 3.8) is 0 Å². The summed E-state index contributed by atoms with van der Waals surface area (Å²) in [7, 11) is 0. The van der Waals surface area contributed by atoms with Gasteiger partial charge < -0.3 is 10.3 Å². The third-order valence-electron chi connectivity index (χ3n) is 2.89. The van der Waals surface area contributed by atoms with E-state index >= 15 is 0 Å². The van der Waals surface area contributed by atoms with Crippen LogP contribution in [-0.2, 0) is 13.0 Å². The predicted octanol–water partition coefficient (Wildman–Crippen LogP) is 3.22. The van der Waals surface area contributed by atoms with Crippen LogP contribution in [0.15, 0.2) is 27.5 Å². The highest BCUT2D eigenvalue weighted by Gasteiger charge is 2.11. The maximum absolute atomic E-state index is 13.6. The Labute approximate surface area is 121 Å². The molecule has 1 aromatic carbocycles. The molecule has 0 unspecified atom stereocenters. The first-order valence-electron chi connectivity index (χ1n) is 5.63. The van der Waals surface area contributed by atoms with Crippen LogP contribution >= 0.6 is 27.3 Å². The van der Waals surface area contributed by atoms with Crippen molar-refractivity contribution in [2.45, 2.75) is 13.0 Å². The van der Waals surface area contributed by atoms with E-state index in [2.05, 4.69) is 25.9 Å². The average Bonchev–Trinajstić information content (AvgIpc) is 2.96. The maximum Gasteiger partial charge on any atom is 0.201 e. The molecule has 2 heterocycles. The van der Waals surface area contributed by atoms with Gasteiger partial charge >= 0.3 is 0 Å². The zero-order valence-corrected chi connectivity index (χ0v) is 12.2. The number of imidazole rings is 1. The van der Waals surface area contributed by atoms with E-state index in [0.29, 0.717) is 28.0 Å². The van der Waals surface area contributed by atoms with Crippen molar-refractivity contribution in [2.75, 3.05) is 5.73 Å². The van der Waals surface area contributed by atoms with Crippen molar-refractivity contribution in [1.82, 2.24) is 14.5 Å². The normalized spacial score (nSPS) is 11.3. The van der Waals surface area contributed by atoms with Gasteiger partial charge in [-0.2, -0.15) is 0 Å². The summed E-state index contributed by atoms with van der Waals surface area (Å²) >= 11 is 4.70. The molecule has 0 amide bonds. The Hall–Kier alpha value is -1.47. The molecule has 0 fully saturated rings. The Bertz CT molecular complexity index is 723. The van der Waals surface area contributed by atoms with E-state index in [1.165, 1.54) is 6.07 Å². The second kappa shape index (κ2) is 4.90. The number of aryl methyl sites for hydroxylation is 2. The molecule has 0 aliphatic heterocycles. The standard InChI is InChI=1S/C12H10BrFN4S/c13-8-3-10-11(4-9(8)14)18(12(15)17-10)2-1-7-5-19-6-16-7/h3-6H,1-2H2,(H2,15,17). The van der Waals surface area contributed by atoms with Crippen LogP contribution in [0.1, 0.15) is 5.69 Å². The van der Waals surface area contributed by atoms with Gasteiger partial charge in [-0.25, -0.2) is 14.4 Å². The van der Waals surface area contributed by atoms with Crippen molar-refractivity contribution in [3.05, 3.63) is 39.0 Å². The summed E-state index contributed by atoms with van der Waals surface area (Å²) in [5, 5.41) is 1.99. The Kier molecular flexibility index (Phi) is 3.24. The number of hydrogen-bond donors (Lipinski definition) is 1. The van der Waals surface area contributed by atoms with Crippen LogP contribution in [0.2, 0.25) is 0 Å². The Balaban J connectivity index is 1.98. The van der Waals surface area contributed by atoms with E-state index in [1.54, 1.807) is 22.9 Å². The van der Waals surface area contributed by atoms with E-state index in [1.807, 2.05) is 9.95 Å². The van der Waals surface area contributed by atoms with Gasteiger partial charge in [0.2, 0.25) is 5.95 Å². The molecule has 0 saturated heterocycles. The Morgan fingerprint density at radius 2 is 2.26 bits per heavy atom. The van der Waals surface area contributed by atoms with Gasteiger partial charge in [0.25, 0.3) is 0 Å². The number of nitrogens with two attached hydrogens (primary N) is 1. The minimum atomic E-state index is -0.317. The van der Waals surface area contributed by atoms with E-state index in [9.17, 15) is 4.39 Å². The molecular formula is C12H10BrFN4S. The summed E-state index contributed by atoms with van der Waals surface area (Å²) in [5.74, 6) is 0.0741. The predicted molar refractivity (Wildman–Crippen MR) is 77.6 cm³/mol. The number of halogens is 2. The fourth-order valence-electron chi connectivity index (χ4n) is 1.96. The molecule has 0 aliphatic carbocycles. The maximum atomic E-state index is 13.6. The second-order valence-electron chi connectivity index (χ2n) is 4.11. The highest BCUT2D eigenvalue weighted by molar-refractivity contribution is 9.10. The summed E-state index contributed by atoms with van der Waals surface area (Å²) in [5.41, 5.74) is 10.1. The molecule has 0 radical (unpaired) electrons. The van der Waals surface area contributed by atoms with E-state index in [0.717, 1.165) is 12.1 Å². The van der Waals surface area contributed by atoms with E-state index in [4.69, 9.17) is 5.73 Å². The fraction of sp³-hybridized carbons (Fsp3) is 0.167. The van der Waals surface area contributed by atoms with Gasteiger partial charge in [0.1, 0.15) is 5.82 Å². The molecule has 19 heavy (non-hydrogen) atoms. The highest BCUT2D eigenvalue weighted by atomic mass is 79.9. The number of thiazole rings is 1. The largest absolute Gasteiger partial charge is 0.369 e. The fourth-order valence-corrected chi connectivity index (χ4v) is 2.89. The molecule has 0 bridgehead atoms. The lowest BCUT2D eigenvalue weighted by Gasteiger charge is -2.05. The summed E-state index contributed by atoms with van der Waals surface area (Å²) in [6.45, 7) is 0.632. The number of fused-ring (bicyclic) bond motifs is 1. The first kappa shape index (κ1) is 12.6. The zero-order chi connectivity index (χ0) is 13.4. The first-order valence-corrected chi connectivity index (χ1v) is 7.36. The molecular weight excluding hydrogens is 331 g/mol. The third kappa shape index (κ3) is 2.35. The number of aromatic nitrogens is 3. The highest BCUT2D eigenvalue weighted by Crippen LogP contribution is 2.25. The molecule has 0 aliphatic rings. The number of benzene rings is 1. The lowest BCUT2D eigenvalue weighted by Crippen LogP contribution is -2.06. The van der Waals surface area contributed by atoms with E-state index in [-0.39, 0.29) is 5.82 Å². The van der Waals surface area contributed by atoms with Gasteiger partial charge in [-0.05, 0) is 22.0 Å². The number of nitrogen functional groups attached to an aromatic ring is 1. The van der Waals surface area contributed by atoms with Crippen molar-refractivity contribution >= 4 is 44.2 Å². The second-order valence-corrected chi connectivity index (χ2v) is 5.68. The molecule has 3 aromatic rings. The van der Waals surface area contributed by atoms with Gasteiger partial charge in [-0.1, -0.05) is 0 Å². The van der Waals surface area contributed by atoms with Gasteiger partial charge in [0.05, 0.1) is 26.7 Å². The lowest BCUT2D eigenvalue weighted by molar-refractivity contribution is 0.621. The molecule has 4 nitrogen and oxygen atoms in total. The van der Waals surface area contributed by atoms with Crippen LogP contribution < -0.4 is 5.73 Å². The summed E-state index contributed by atoms with van der Waals surface area (Å²) in [6.07, 6.45) is 0.747. The van der Waals surface area contributed by atoms with Crippen LogP contribution in [0.3, 0.4) is 0 Å². The third-order valence-corrected chi connectivity index (χ3v) is 4.14. The van der Waals surface area contributed by atoms with Crippen LogP contribution in [0.25, 0.3) is 11.0 Å².